The zero-order valence-electron chi connectivity index (χ0n) is 17.0. The SMILES string of the molecule is CC.CCOC(=O)/C(=C/Nc1ccc(OC)c(-c2c(C)noc2C)c1)C(=O)O. The van der Waals surface area contributed by atoms with Gasteiger partial charge in [-0.1, -0.05) is 19.0 Å². The maximum Gasteiger partial charge on any atom is 0.347 e. The highest BCUT2D eigenvalue weighted by Crippen LogP contribution is 2.36. The Kier molecular flexibility index (Phi) is 8.74. The fraction of sp³-hybridized carbons (Fsp3) is 0.350. The molecule has 0 unspecified atom stereocenters. The minimum absolute atomic E-state index is 0.0855. The monoisotopic (exact) mass is 390 g/mol. The topological polar surface area (TPSA) is 111 Å². The zero-order chi connectivity index (χ0) is 21.3. The molecule has 0 amide bonds. The number of nitrogens with zero attached hydrogens (tertiary/aromatic N) is 1. The molecular formula is C20H26N2O6. The van der Waals surface area contributed by atoms with Gasteiger partial charge < -0.3 is 24.4 Å². The Bertz CT molecular complexity index is 835. The first-order valence-corrected chi connectivity index (χ1v) is 8.87. The number of carboxylic acid groups (broad SMARTS) is 1. The Balaban J connectivity index is 0.00000190. The third-order valence-corrected chi connectivity index (χ3v) is 3.61. The standard InChI is InChI=1S/C18H20N2O6.C2H6/c1-5-25-18(23)14(17(21)22)9-19-12-6-7-15(24-4)13(8-12)16-10(2)20-26-11(16)3;1-2/h6-9,19H,5H2,1-4H3,(H,21,22);1-2H3/b14-9+;. The molecule has 1 aromatic carbocycles. The minimum Gasteiger partial charge on any atom is -0.496 e. The van der Waals surface area contributed by atoms with E-state index in [1.54, 1.807) is 39.2 Å². The molecule has 0 saturated carbocycles. The Hall–Kier alpha value is -3.29. The first kappa shape index (κ1) is 22.8. The maximum absolute atomic E-state index is 11.7. The molecule has 0 bridgehead atoms. The number of esters is 1. The summed E-state index contributed by atoms with van der Waals surface area (Å²) in [7, 11) is 1.55. The average Bonchev–Trinajstić information content (AvgIpc) is 3.01. The second kappa shape index (κ2) is 10.8. The average molecular weight is 390 g/mol. The van der Waals surface area contributed by atoms with Crippen LogP contribution in [0.2, 0.25) is 0 Å². The van der Waals surface area contributed by atoms with Crippen LogP contribution in [0.3, 0.4) is 0 Å². The van der Waals surface area contributed by atoms with Gasteiger partial charge in [0.05, 0.1) is 25.0 Å². The largest absolute Gasteiger partial charge is 0.496 e. The van der Waals surface area contributed by atoms with E-state index in [0.717, 1.165) is 17.3 Å². The van der Waals surface area contributed by atoms with Crippen molar-refractivity contribution in [3.63, 3.8) is 0 Å². The molecule has 0 aliphatic carbocycles. The van der Waals surface area contributed by atoms with E-state index in [2.05, 4.69) is 10.5 Å². The van der Waals surface area contributed by atoms with E-state index in [1.165, 1.54) is 0 Å². The van der Waals surface area contributed by atoms with Crippen molar-refractivity contribution in [3.05, 3.63) is 41.4 Å². The molecule has 0 spiro atoms. The van der Waals surface area contributed by atoms with Crippen molar-refractivity contribution >= 4 is 17.6 Å². The number of benzene rings is 1. The lowest BCUT2D eigenvalue weighted by atomic mass is 10.0. The first-order chi connectivity index (χ1) is 13.4. The smallest absolute Gasteiger partial charge is 0.347 e. The number of hydrogen-bond donors (Lipinski definition) is 2. The quantitative estimate of drug-likeness (QED) is 0.316. The lowest BCUT2D eigenvalue weighted by Crippen LogP contribution is -2.16. The van der Waals surface area contributed by atoms with Crippen molar-refractivity contribution < 1.29 is 28.7 Å². The molecule has 2 N–H and O–H groups in total. The Morgan fingerprint density at radius 1 is 1.29 bits per heavy atom. The van der Waals surface area contributed by atoms with Gasteiger partial charge in [0.1, 0.15) is 11.5 Å². The highest BCUT2D eigenvalue weighted by molar-refractivity contribution is 6.13. The summed E-state index contributed by atoms with van der Waals surface area (Å²) in [6, 6.07) is 5.18. The van der Waals surface area contributed by atoms with Gasteiger partial charge >= 0.3 is 11.9 Å². The van der Waals surface area contributed by atoms with E-state index in [9.17, 15) is 9.59 Å². The molecule has 0 fully saturated rings. The van der Waals surface area contributed by atoms with Gasteiger partial charge in [-0.2, -0.15) is 0 Å². The van der Waals surface area contributed by atoms with Gasteiger partial charge in [-0.25, -0.2) is 9.59 Å². The van der Waals surface area contributed by atoms with Crippen LogP contribution in [0.5, 0.6) is 5.75 Å². The summed E-state index contributed by atoms with van der Waals surface area (Å²) in [6.07, 6.45) is 1.10. The lowest BCUT2D eigenvalue weighted by Gasteiger charge is -2.11. The van der Waals surface area contributed by atoms with Crippen molar-refractivity contribution in [1.29, 1.82) is 0 Å². The van der Waals surface area contributed by atoms with Crippen LogP contribution in [0.1, 0.15) is 32.2 Å². The molecule has 8 heteroatoms. The predicted octanol–water partition coefficient (Wildman–Crippen LogP) is 3.94. The van der Waals surface area contributed by atoms with Crippen LogP contribution in [-0.2, 0) is 14.3 Å². The third kappa shape index (κ3) is 5.35. The fourth-order valence-corrected chi connectivity index (χ4v) is 2.43. The molecule has 0 atom stereocenters. The number of methoxy groups -OCH3 is 1. The van der Waals surface area contributed by atoms with E-state index >= 15 is 0 Å². The number of rotatable bonds is 7. The van der Waals surface area contributed by atoms with Gasteiger partial charge in [0.2, 0.25) is 0 Å². The third-order valence-electron chi connectivity index (χ3n) is 3.61. The van der Waals surface area contributed by atoms with Crippen LogP contribution in [0.4, 0.5) is 5.69 Å². The molecule has 0 aliphatic heterocycles. The van der Waals surface area contributed by atoms with E-state index in [1.807, 2.05) is 20.8 Å². The van der Waals surface area contributed by atoms with Crippen LogP contribution in [-0.4, -0.2) is 35.9 Å². The van der Waals surface area contributed by atoms with E-state index < -0.39 is 17.5 Å². The predicted molar refractivity (Wildman–Crippen MR) is 105 cm³/mol. The molecule has 0 aliphatic rings. The fourth-order valence-electron chi connectivity index (χ4n) is 2.43. The van der Waals surface area contributed by atoms with Crippen molar-refractivity contribution in [2.45, 2.75) is 34.6 Å². The summed E-state index contributed by atoms with van der Waals surface area (Å²) in [6.45, 7) is 9.29. The molecule has 1 heterocycles. The number of anilines is 1. The van der Waals surface area contributed by atoms with Gasteiger partial charge in [-0.3, -0.25) is 0 Å². The van der Waals surface area contributed by atoms with Crippen LogP contribution in [0.15, 0.2) is 34.5 Å². The molecule has 0 radical (unpaired) electrons. The van der Waals surface area contributed by atoms with E-state index in [4.69, 9.17) is 19.1 Å². The van der Waals surface area contributed by atoms with Crippen LogP contribution >= 0.6 is 0 Å². The van der Waals surface area contributed by atoms with Crippen LogP contribution in [0.25, 0.3) is 11.1 Å². The molecule has 8 nitrogen and oxygen atoms in total. The van der Waals surface area contributed by atoms with Crippen LogP contribution in [0, 0.1) is 13.8 Å². The number of aromatic nitrogens is 1. The first-order valence-electron chi connectivity index (χ1n) is 8.87. The van der Waals surface area contributed by atoms with E-state index in [-0.39, 0.29) is 6.61 Å². The van der Waals surface area contributed by atoms with Gasteiger partial charge in [0, 0.05) is 17.5 Å². The number of aryl methyl sites for hydroxylation is 2. The maximum atomic E-state index is 11.7. The summed E-state index contributed by atoms with van der Waals surface area (Å²) in [5.74, 6) is -1.05. The number of carbonyl (C=O) groups excluding carboxylic acids is 1. The minimum atomic E-state index is -1.38. The summed E-state index contributed by atoms with van der Waals surface area (Å²) < 4.78 is 15.3. The molecule has 28 heavy (non-hydrogen) atoms. The number of aliphatic carboxylic acids is 1. The highest BCUT2D eigenvalue weighted by Gasteiger charge is 2.19. The van der Waals surface area contributed by atoms with Gasteiger partial charge in [0.25, 0.3) is 0 Å². The molecule has 0 saturated heterocycles. The van der Waals surface area contributed by atoms with Crippen molar-refractivity contribution in [1.82, 2.24) is 5.16 Å². The Morgan fingerprint density at radius 3 is 2.46 bits per heavy atom. The summed E-state index contributed by atoms with van der Waals surface area (Å²) in [4.78, 5) is 22.9. The Morgan fingerprint density at radius 2 is 1.96 bits per heavy atom. The molecule has 2 rings (SSSR count). The van der Waals surface area contributed by atoms with Gasteiger partial charge in [-0.15, -0.1) is 0 Å². The second-order valence-corrected chi connectivity index (χ2v) is 5.34. The molecular weight excluding hydrogens is 364 g/mol. The molecule has 1 aromatic heterocycles. The number of ether oxygens (including phenoxy) is 2. The Labute approximate surface area is 164 Å². The summed E-state index contributed by atoms with van der Waals surface area (Å²) in [5, 5.41) is 15.9. The summed E-state index contributed by atoms with van der Waals surface area (Å²) >= 11 is 0. The van der Waals surface area contributed by atoms with Crippen LogP contribution < -0.4 is 10.1 Å². The van der Waals surface area contributed by atoms with Crippen molar-refractivity contribution in [2.24, 2.45) is 0 Å². The number of hydrogen-bond acceptors (Lipinski definition) is 7. The van der Waals surface area contributed by atoms with Gasteiger partial charge in [-0.05, 0) is 39.0 Å². The number of nitrogens with one attached hydrogen (secondary N) is 1. The molecule has 2 aromatic rings. The molecule has 152 valence electrons. The van der Waals surface area contributed by atoms with Gasteiger partial charge in [0.15, 0.2) is 5.57 Å². The number of carbonyl (C=O) groups is 2. The lowest BCUT2D eigenvalue weighted by molar-refractivity contribution is -0.143. The zero-order valence-corrected chi connectivity index (χ0v) is 17.0. The van der Waals surface area contributed by atoms with Crippen molar-refractivity contribution in [3.8, 4) is 16.9 Å². The highest BCUT2D eigenvalue weighted by atomic mass is 16.5. The summed E-state index contributed by atoms with van der Waals surface area (Å²) in [5.41, 5.74) is 2.28. The van der Waals surface area contributed by atoms with E-state index in [0.29, 0.717) is 22.9 Å². The normalized spacial score (nSPS) is 10.6. The number of carboxylic acids is 1. The van der Waals surface area contributed by atoms with Crippen molar-refractivity contribution in [2.75, 3.05) is 19.0 Å². The second-order valence-electron chi connectivity index (χ2n) is 5.34.